The summed E-state index contributed by atoms with van der Waals surface area (Å²) in [5.74, 6) is 0.286. The normalized spacial score (nSPS) is 16.4. The van der Waals surface area contributed by atoms with Crippen LogP contribution in [0, 0.1) is 0 Å². The molecular weight excluding hydrogens is 344 g/mol. The van der Waals surface area contributed by atoms with E-state index in [0.717, 1.165) is 16.9 Å². The molecule has 6 heteroatoms. The van der Waals surface area contributed by atoms with Gasteiger partial charge in [-0.15, -0.1) is 0 Å². The highest BCUT2D eigenvalue weighted by Gasteiger charge is 2.33. The average molecular weight is 366 g/mol. The van der Waals surface area contributed by atoms with Crippen molar-refractivity contribution in [2.45, 2.75) is 26.0 Å². The first-order chi connectivity index (χ1) is 13.1. The Bertz CT molecular complexity index is 844. The number of allylic oxidation sites excluding steroid dienone is 1. The Morgan fingerprint density at radius 3 is 2.41 bits per heavy atom. The molecule has 0 aromatic heterocycles. The molecule has 2 amide bonds. The van der Waals surface area contributed by atoms with E-state index in [-0.39, 0.29) is 12.6 Å². The van der Waals surface area contributed by atoms with Crippen LogP contribution in [0.15, 0.2) is 65.9 Å². The first-order valence-electron chi connectivity index (χ1n) is 8.78. The summed E-state index contributed by atoms with van der Waals surface area (Å²) in [4.78, 5) is 24.9. The van der Waals surface area contributed by atoms with Crippen molar-refractivity contribution in [1.82, 2.24) is 10.6 Å². The fourth-order valence-electron chi connectivity index (χ4n) is 2.98. The molecule has 0 aliphatic carbocycles. The number of esters is 1. The number of rotatable bonds is 6. The number of methoxy groups -OCH3 is 1. The van der Waals surface area contributed by atoms with Gasteiger partial charge in [-0.1, -0.05) is 49.4 Å². The lowest BCUT2D eigenvalue weighted by atomic mass is 9.94. The Kier molecular flexibility index (Phi) is 5.76. The minimum Gasteiger partial charge on any atom is -0.497 e. The van der Waals surface area contributed by atoms with Crippen LogP contribution in [-0.4, -0.2) is 19.1 Å². The van der Waals surface area contributed by atoms with E-state index in [9.17, 15) is 9.59 Å². The van der Waals surface area contributed by atoms with Gasteiger partial charge in [0.15, 0.2) is 0 Å². The quantitative estimate of drug-likeness (QED) is 0.768. The highest BCUT2D eigenvalue weighted by molar-refractivity contribution is 5.95. The van der Waals surface area contributed by atoms with Gasteiger partial charge in [-0.25, -0.2) is 9.59 Å². The summed E-state index contributed by atoms with van der Waals surface area (Å²) in [6.07, 6.45) is 0.518. The summed E-state index contributed by atoms with van der Waals surface area (Å²) in [7, 11) is 1.60. The van der Waals surface area contributed by atoms with E-state index in [1.54, 1.807) is 7.11 Å². The Morgan fingerprint density at radius 2 is 1.78 bits per heavy atom. The van der Waals surface area contributed by atoms with Crippen molar-refractivity contribution < 1.29 is 19.1 Å². The monoisotopic (exact) mass is 366 g/mol. The van der Waals surface area contributed by atoms with Crippen molar-refractivity contribution in [3.8, 4) is 5.75 Å². The Hall–Kier alpha value is -3.28. The number of benzene rings is 2. The molecule has 2 aromatic carbocycles. The topological polar surface area (TPSA) is 76.7 Å². The summed E-state index contributed by atoms with van der Waals surface area (Å²) in [6, 6.07) is 15.8. The molecule has 1 aliphatic rings. The van der Waals surface area contributed by atoms with Gasteiger partial charge in [0.25, 0.3) is 0 Å². The van der Waals surface area contributed by atoms with Crippen LogP contribution in [-0.2, 0) is 16.1 Å². The Labute approximate surface area is 158 Å². The van der Waals surface area contributed by atoms with Crippen LogP contribution in [0.25, 0.3) is 0 Å². The molecule has 140 valence electrons. The summed E-state index contributed by atoms with van der Waals surface area (Å²) in [6.45, 7) is 2.03. The molecule has 1 unspecified atom stereocenters. The molecule has 0 radical (unpaired) electrons. The van der Waals surface area contributed by atoms with Gasteiger partial charge in [0.05, 0.1) is 18.7 Å². The van der Waals surface area contributed by atoms with E-state index >= 15 is 0 Å². The second-order valence-corrected chi connectivity index (χ2v) is 6.11. The number of nitrogens with one attached hydrogen (secondary N) is 2. The van der Waals surface area contributed by atoms with Crippen LogP contribution in [0.2, 0.25) is 0 Å². The predicted octanol–water partition coefficient (Wildman–Crippen LogP) is 3.46. The minimum absolute atomic E-state index is 0.138. The molecule has 6 nitrogen and oxygen atoms in total. The largest absolute Gasteiger partial charge is 0.497 e. The van der Waals surface area contributed by atoms with Crippen LogP contribution >= 0.6 is 0 Å². The fourth-order valence-corrected chi connectivity index (χ4v) is 2.98. The third-order valence-corrected chi connectivity index (χ3v) is 4.39. The maximum absolute atomic E-state index is 12.9. The van der Waals surface area contributed by atoms with Crippen LogP contribution in [0.3, 0.4) is 0 Å². The van der Waals surface area contributed by atoms with Crippen molar-refractivity contribution >= 4 is 12.0 Å². The second kappa shape index (κ2) is 8.40. The molecule has 0 spiro atoms. The predicted molar refractivity (Wildman–Crippen MR) is 101 cm³/mol. The van der Waals surface area contributed by atoms with Gasteiger partial charge in [-0.3, -0.25) is 0 Å². The minimum atomic E-state index is -0.543. The van der Waals surface area contributed by atoms with E-state index < -0.39 is 12.0 Å². The molecule has 1 aliphatic heterocycles. The first-order valence-corrected chi connectivity index (χ1v) is 8.78. The number of carbonyl (C=O) groups is 2. The maximum Gasteiger partial charge on any atom is 0.338 e. The van der Waals surface area contributed by atoms with Crippen molar-refractivity contribution in [2.75, 3.05) is 7.11 Å². The van der Waals surface area contributed by atoms with Gasteiger partial charge in [0.2, 0.25) is 0 Å². The first kappa shape index (κ1) is 18.5. The number of hydrogen-bond acceptors (Lipinski definition) is 4. The zero-order valence-corrected chi connectivity index (χ0v) is 15.3. The van der Waals surface area contributed by atoms with Crippen LogP contribution in [0.4, 0.5) is 4.79 Å². The summed E-state index contributed by atoms with van der Waals surface area (Å²) < 4.78 is 10.7. The second-order valence-electron chi connectivity index (χ2n) is 6.11. The van der Waals surface area contributed by atoms with Crippen LogP contribution in [0.5, 0.6) is 5.75 Å². The molecule has 0 saturated carbocycles. The molecular formula is C21H22N2O4. The third-order valence-electron chi connectivity index (χ3n) is 4.39. The zero-order valence-electron chi connectivity index (χ0n) is 15.3. The zero-order chi connectivity index (χ0) is 19.2. The third kappa shape index (κ3) is 4.28. The fraction of sp³-hybridized carbons (Fsp3) is 0.238. The van der Waals surface area contributed by atoms with Crippen molar-refractivity contribution in [3.05, 3.63) is 77.0 Å². The van der Waals surface area contributed by atoms with Crippen molar-refractivity contribution in [3.63, 3.8) is 0 Å². The molecule has 1 atom stereocenters. The van der Waals surface area contributed by atoms with Gasteiger partial charge in [0, 0.05) is 5.70 Å². The lowest BCUT2D eigenvalue weighted by molar-refractivity contribution is -0.140. The van der Waals surface area contributed by atoms with Gasteiger partial charge in [-0.2, -0.15) is 0 Å². The summed E-state index contributed by atoms with van der Waals surface area (Å²) >= 11 is 0. The number of carbonyl (C=O) groups excluding carboxylic acids is 2. The molecule has 2 aromatic rings. The van der Waals surface area contributed by atoms with Crippen LogP contribution < -0.4 is 15.4 Å². The number of hydrogen-bond donors (Lipinski definition) is 2. The highest BCUT2D eigenvalue weighted by Crippen LogP contribution is 2.29. The molecule has 0 fully saturated rings. The van der Waals surface area contributed by atoms with Gasteiger partial charge in [0.1, 0.15) is 12.4 Å². The number of urea groups is 1. The van der Waals surface area contributed by atoms with E-state index in [0.29, 0.717) is 17.7 Å². The van der Waals surface area contributed by atoms with Crippen molar-refractivity contribution in [1.29, 1.82) is 0 Å². The van der Waals surface area contributed by atoms with E-state index in [2.05, 4.69) is 10.6 Å². The SMILES string of the molecule is CCC1=C(C(=O)OCc2ccc(OC)cc2)C(c2ccccc2)NC(=O)N1. The molecule has 27 heavy (non-hydrogen) atoms. The van der Waals surface area contributed by atoms with Crippen molar-refractivity contribution in [2.24, 2.45) is 0 Å². The lowest BCUT2D eigenvalue weighted by Gasteiger charge is -2.29. The summed E-state index contributed by atoms with van der Waals surface area (Å²) in [5, 5.41) is 5.54. The van der Waals surface area contributed by atoms with E-state index in [4.69, 9.17) is 9.47 Å². The van der Waals surface area contributed by atoms with Gasteiger partial charge < -0.3 is 20.1 Å². The molecule has 1 heterocycles. The molecule has 3 rings (SSSR count). The van der Waals surface area contributed by atoms with Gasteiger partial charge >= 0.3 is 12.0 Å². The van der Waals surface area contributed by atoms with Gasteiger partial charge in [-0.05, 0) is 29.7 Å². The standard InChI is InChI=1S/C21H22N2O4/c1-3-17-18(19(23-21(25)22-17)15-7-5-4-6-8-15)20(24)27-13-14-9-11-16(26-2)12-10-14/h4-12,19H,3,13H2,1-2H3,(H2,22,23,25). The Morgan fingerprint density at radius 1 is 1.07 bits per heavy atom. The Balaban J connectivity index is 1.82. The van der Waals surface area contributed by atoms with E-state index in [1.165, 1.54) is 0 Å². The maximum atomic E-state index is 12.9. The average Bonchev–Trinajstić information content (AvgIpc) is 2.72. The summed E-state index contributed by atoms with van der Waals surface area (Å²) in [5.41, 5.74) is 2.69. The smallest absolute Gasteiger partial charge is 0.338 e. The molecule has 0 saturated heterocycles. The molecule has 2 N–H and O–H groups in total. The molecule has 0 bridgehead atoms. The van der Waals surface area contributed by atoms with E-state index in [1.807, 2.05) is 61.5 Å². The highest BCUT2D eigenvalue weighted by atomic mass is 16.5. The number of amides is 2. The lowest BCUT2D eigenvalue weighted by Crippen LogP contribution is -2.45. The van der Waals surface area contributed by atoms with Crippen LogP contribution in [0.1, 0.15) is 30.5 Å². The number of ether oxygens (including phenoxy) is 2.